The minimum absolute atomic E-state index is 0.157. The van der Waals surface area contributed by atoms with Crippen molar-refractivity contribution in [1.29, 1.82) is 0 Å². The summed E-state index contributed by atoms with van der Waals surface area (Å²) in [6.45, 7) is 0.655. The molecule has 0 bridgehead atoms. The van der Waals surface area contributed by atoms with Gasteiger partial charge in [-0.15, -0.1) is 0 Å². The first-order valence-electron chi connectivity index (χ1n) is 8.17. The van der Waals surface area contributed by atoms with Crippen LogP contribution in [-0.2, 0) is 6.54 Å². The Morgan fingerprint density at radius 1 is 0.840 bits per heavy atom. The highest BCUT2D eigenvalue weighted by Crippen LogP contribution is 2.24. The van der Waals surface area contributed by atoms with Gasteiger partial charge in [0.05, 0.1) is 12.1 Å². The zero-order valence-corrected chi connectivity index (χ0v) is 13.6. The Morgan fingerprint density at radius 2 is 1.48 bits per heavy atom. The van der Waals surface area contributed by atoms with E-state index in [1.807, 2.05) is 65.3 Å². The molecule has 0 atom stereocenters. The average Bonchev–Trinajstić information content (AvgIpc) is 3.01. The minimum Gasteiger partial charge on any atom is -0.305 e. The fourth-order valence-electron chi connectivity index (χ4n) is 2.87. The molecule has 0 unspecified atom stereocenters. The van der Waals surface area contributed by atoms with Crippen LogP contribution in [0.15, 0.2) is 84.9 Å². The first-order chi connectivity index (χ1) is 12.3. The number of fused-ring (bicyclic) bond motifs is 1. The van der Waals surface area contributed by atoms with Gasteiger partial charge in [-0.05, 0) is 29.8 Å². The van der Waals surface area contributed by atoms with Gasteiger partial charge < -0.3 is 5.32 Å². The van der Waals surface area contributed by atoms with Gasteiger partial charge in [0.1, 0.15) is 0 Å². The summed E-state index contributed by atoms with van der Waals surface area (Å²) in [5.41, 5.74) is 2.77. The fourth-order valence-corrected chi connectivity index (χ4v) is 2.87. The third-order valence-electron chi connectivity index (χ3n) is 4.10. The smallest absolute Gasteiger partial charge is 0.256 e. The van der Waals surface area contributed by atoms with Crippen molar-refractivity contribution in [3.8, 4) is 0 Å². The predicted molar refractivity (Wildman–Crippen MR) is 99.7 cm³/mol. The maximum atomic E-state index is 12.5. The van der Waals surface area contributed by atoms with E-state index in [-0.39, 0.29) is 5.91 Å². The summed E-state index contributed by atoms with van der Waals surface area (Å²) >= 11 is 0. The zero-order chi connectivity index (χ0) is 17.1. The van der Waals surface area contributed by atoms with Crippen LogP contribution in [0.2, 0.25) is 0 Å². The summed E-state index contributed by atoms with van der Waals surface area (Å²) in [4.78, 5) is 12.5. The summed E-state index contributed by atoms with van der Waals surface area (Å²) in [5, 5.41) is 8.50. The normalized spacial score (nSPS) is 10.7. The van der Waals surface area contributed by atoms with Crippen molar-refractivity contribution in [2.24, 2.45) is 0 Å². The molecule has 25 heavy (non-hydrogen) atoms. The molecule has 1 aromatic heterocycles. The van der Waals surface area contributed by atoms with Crippen LogP contribution in [0.1, 0.15) is 15.9 Å². The SMILES string of the molecule is O=C(Nc1nn(Cc2ccccc2)c2ccccc12)c1ccccc1. The second-order valence-corrected chi connectivity index (χ2v) is 5.83. The number of carbonyl (C=O) groups is 1. The molecule has 0 aliphatic carbocycles. The second-order valence-electron chi connectivity index (χ2n) is 5.83. The molecule has 0 spiro atoms. The van der Waals surface area contributed by atoms with Crippen LogP contribution < -0.4 is 5.32 Å². The number of nitrogens with one attached hydrogen (secondary N) is 1. The highest BCUT2D eigenvalue weighted by atomic mass is 16.1. The summed E-state index contributed by atoms with van der Waals surface area (Å²) < 4.78 is 1.92. The van der Waals surface area contributed by atoms with Gasteiger partial charge in [0, 0.05) is 10.9 Å². The Kier molecular flexibility index (Phi) is 4.01. The van der Waals surface area contributed by atoms with Crippen molar-refractivity contribution in [2.45, 2.75) is 6.54 Å². The maximum Gasteiger partial charge on any atom is 0.256 e. The Labute approximate surface area is 145 Å². The van der Waals surface area contributed by atoms with Crippen molar-refractivity contribution in [2.75, 3.05) is 5.32 Å². The number of hydrogen-bond acceptors (Lipinski definition) is 2. The molecular formula is C21H17N3O. The Bertz CT molecular complexity index is 1010. The molecule has 1 N–H and O–H groups in total. The molecule has 4 nitrogen and oxygen atoms in total. The fraction of sp³-hybridized carbons (Fsp3) is 0.0476. The van der Waals surface area contributed by atoms with E-state index in [1.54, 1.807) is 12.1 Å². The quantitative estimate of drug-likeness (QED) is 0.606. The van der Waals surface area contributed by atoms with Gasteiger partial charge in [0.15, 0.2) is 5.82 Å². The Hall–Kier alpha value is -3.40. The maximum absolute atomic E-state index is 12.5. The Morgan fingerprint density at radius 3 is 2.24 bits per heavy atom. The topological polar surface area (TPSA) is 46.9 Å². The highest BCUT2D eigenvalue weighted by Gasteiger charge is 2.13. The molecule has 0 saturated carbocycles. The lowest BCUT2D eigenvalue weighted by Crippen LogP contribution is -2.12. The molecule has 1 heterocycles. The monoisotopic (exact) mass is 327 g/mol. The van der Waals surface area contributed by atoms with Crippen LogP contribution in [0.4, 0.5) is 5.82 Å². The van der Waals surface area contributed by atoms with E-state index in [2.05, 4.69) is 22.5 Å². The molecule has 0 radical (unpaired) electrons. The van der Waals surface area contributed by atoms with Crippen molar-refractivity contribution >= 4 is 22.6 Å². The molecule has 4 aromatic rings. The van der Waals surface area contributed by atoms with E-state index in [9.17, 15) is 4.79 Å². The van der Waals surface area contributed by atoms with Crippen LogP contribution in [0, 0.1) is 0 Å². The molecule has 122 valence electrons. The first-order valence-corrected chi connectivity index (χ1v) is 8.17. The van der Waals surface area contributed by atoms with Crippen LogP contribution in [0.3, 0.4) is 0 Å². The van der Waals surface area contributed by atoms with Gasteiger partial charge in [-0.3, -0.25) is 9.48 Å². The van der Waals surface area contributed by atoms with Gasteiger partial charge in [-0.1, -0.05) is 60.7 Å². The number of nitrogens with zero attached hydrogens (tertiary/aromatic N) is 2. The van der Waals surface area contributed by atoms with Crippen molar-refractivity contribution in [3.63, 3.8) is 0 Å². The molecule has 0 aliphatic heterocycles. The van der Waals surface area contributed by atoms with E-state index in [0.29, 0.717) is 17.9 Å². The molecule has 0 aliphatic rings. The lowest BCUT2D eigenvalue weighted by Gasteiger charge is -2.03. The van der Waals surface area contributed by atoms with Crippen molar-refractivity contribution in [1.82, 2.24) is 9.78 Å². The highest BCUT2D eigenvalue weighted by molar-refractivity contribution is 6.07. The van der Waals surface area contributed by atoms with Gasteiger partial charge in [0.25, 0.3) is 5.91 Å². The van der Waals surface area contributed by atoms with E-state index < -0.39 is 0 Å². The zero-order valence-electron chi connectivity index (χ0n) is 13.6. The number of hydrogen-bond donors (Lipinski definition) is 1. The van der Waals surface area contributed by atoms with Crippen molar-refractivity contribution < 1.29 is 4.79 Å². The molecule has 0 fully saturated rings. The number of rotatable bonds is 4. The van der Waals surface area contributed by atoms with Crippen LogP contribution in [0.25, 0.3) is 10.9 Å². The number of aromatic nitrogens is 2. The van der Waals surface area contributed by atoms with Crippen LogP contribution in [0.5, 0.6) is 0 Å². The Balaban J connectivity index is 1.69. The molecule has 4 rings (SSSR count). The number of anilines is 1. The summed E-state index contributed by atoms with van der Waals surface area (Å²) in [7, 11) is 0. The van der Waals surface area contributed by atoms with E-state index in [4.69, 9.17) is 0 Å². The van der Waals surface area contributed by atoms with Crippen LogP contribution >= 0.6 is 0 Å². The first kappa shape index (κ1) is 15.1. The third-order valence-corrected chi connectivity index (χ3v) is 4.10. The second kappa shape index (κ2) is 6.61. The molecule has 4 heteroatoms. The lowest BCUT2D eigenvalue weighted by molar-refractivity contribution is 0.102. The van der Waals surface area contributed by atoms with Gasteiger partial charge >= 0.3 is 0 Å². The molecular weight excluding hydrogens is 310 g/mol. The minimum atomic E-state index is -0.157. The number of para-hydroxylation sites is 1. The largest absolute Gasteiger partial charge is 0.305 e. The van der Waals surface area contributed by atoms with Gasteiger partial charge in [-0.2, -0.15) is 5.10 Å². The predicted octanol–water partition coefficient (Wildman–Crippen LogP) is 4.34. The average molecular weight is 327 g/mol. The lowest BCUT2D eigenvalue weighted by atomic mass is 10.2. The van der Waals surface area contributed by atoms with Crippen LogP contribution in [-0.4, -0.2) is 15.7 Å². The standard InChI is InChI=1S/C21H17N3O/c25-21(17-11-5-2-6-12-17)22-20-18-13-7-8-14-19(18)24(23-20)15-16-9-3-1-4-10-16/h1-14H,15H2,(H,22,23,25). The summed E-state index contributed by atoms with van der Waals surface area (Å²) in [5.74, 6) is 0.427. The summed E-state index contributed by atoms with van der Waals surface area (Å²) in [6.07, 6.45) is 0. The van der Waals surface area contributed by atoms with E-state index in [1.165, 1.54) is 0 Å². The van der Waals surface area contributed by atoms with Gasteiger partial charge in [-0.25, -0.2) is 0 Å². The number of carbonyl (C=O) groups excluding carboxylic acids is 1. The molecule has 0 saturated heterocycles. The van der Waals surface area contributed by atoms with E-state index in [0.717, 1.165) is 16.5 Å². The third kappa shape index (κ3) is 3.15. The number of amides is 1. The summed E-state index contributed by atoms with van der Waals surface area (Å²) in [6, 6.07) is 27.3. The number of benzene rings is 3. The molecule has 3 aromatic carbocycles. The van der Waals surface area contributed by atoms with Gasteiger partial charge in [0.2, 0.25) is 0 Å². The van der Waals surface area contributed by atoms with Crippen molar-refractivity contribution in [3.05, 3.63) is 96.1 Å². The van der Waals surface area contributed by atoms with E-state index >= 15 is 0 Å². The molecule has 1 amide bonds.